The van der Waals surface area contributed by atoms with Crippen LogP contribution in [0.1, 0.15) is 18.9 Å². The molecule has 0 aromatic heterocycles. The number of carbonyl (C=O) groups excluding carboxylic acids is 1. The minimum Gasteiger partial charge on any atom is -0.494 e. The second kappa shape index (κ2) is 10.0. The van der Waals surface area contributed by atoms with Gasteiger partial charge in [0, 0.05) is 38.3 Å². The number of piperazine rings is 1. The van der Waals surface area contributed by atoms with E-state index < -0.39 is 26.6 Å². The molecule has 31 heavy (non-hydrogen) atoms. The van der Waals surface area contributed by atoms with E-state index in [2.05, 4.69) is 0 Å². The zero-order valence-corrected chi connectivity index (χ0v) is 17.9. The molecule has 1 heterocycles. The summed E-state index contributed by atoms with van der Waals surface area (Å²) in [5.74, 6) is -1.45. The molecule has 0 unspecified atom stereocenters. The van der Waals surface area contributed by atoms with Gasteiger partial charge in [-0.1, -0.05) is 19.1 Å². The third-order valence-corrected chi connectivity index (χ3v) is 6.77. The number of rotatable bonds is 7. The average molecular weight is 451 g/mol. The van der Waals surface area contributed by atoms with Gasteiger partial charge in [0.15, 0.2) is 0 Å². The maximum Gasteiger partial charge on any atom is 0.246 e. The Morgan fingerprint density at radius 2 is 1.74 bits per heavy atom. The van der Waals surface area contributed by atoms with Gasteiger partial charge in [-0.15, -0.1) is 0 Å². The predicted octanol–water partition coefficient (Wildman–Crippen LogP) is 3.30. The van der Waals surface area contributed by atoms with Crippen molar-refractivity contribution in [3.63, 3.8) is 0 Å². The number of sulfonamides is 1. The second-order valence-electron chi connectivity index (χ2n) is 7.05. The molecule has 6 nitrogen and oxygen atoms in total. The monoisotopic (exact) mass is 450 g/mol. The molecule has 0 atom stereocenters. The lowest BCUT2D eigenvalue weighted by Gasteiger charge is -2.33. The molecule has 1 amide bonds. The van der Waals surface area contributed by atoms with Gasteiger partial charge >= 0.3 is 0 Å². The fourth-order valence-corrected chi connectivity index (χ4v) is 4.61. The molecule has 3 rings (SSSR count). The lowest BCUT2D eigenvalue weighted by atomic mass is 10.2. The molecule has 1 saturated heterocycles. The molecule has 0 aliphatic carbocycles. The van der Waals surface area contributed by atoms with Gasteiger partial charge in [-0.3, -0.25) is 4.79 Å². The summed E-state index contributed by atoms with van der Waals surface area (Å²) in [4.78, 5) is 13.4. The van der Waals surface area contributed by atoms with Crippen molar-refractivity contribution < 1.29 is 26.7 Å². The summed E-state index contributed by atoms with van der Waals surface area (Å²) in [5.41, 5.74) is 0.838. The molecule has 1 aliphatic rings. The molecule has 0 saturated carbocycles. The highest BCUT2D eigenvalue weighted by Crippen LogP contribution is 2.21. The Morgan fingerprint density at radius 3 is 2.35 bits per heavy atom. The second-order valence-corrected chi connectivity index (χ2v) is 8.96. The lowest BCUT2D eigenvalue weighted by Crippen LogP contribution is -2.50. The number of nitrogens with zero attached hydrogens (tertiary/aromatic N) is 2. The zero-order chi connectivity index (χ0) is 22.4. The van der Waals surface area contributed by atoms with Crippen LogP contribution in [0.2, 0.25) is 0 Å². The van der Waals surface area contributed by atoms with E-state index in [1.54, 1.807) is 6.08 Å². The standard InChI is InChI=1S/C22H24F2N2O4S/c1-2-15-30-19-7-3-17(4-8-19)5-10-22(27)25-11-13-26(14-12-25)31(28,29)21-9-6-18(23)16-20(21)24/h3-10,16H,2,11-15H2,1H3/b10-5+. The molecule has 0 radical (unpaired) electrons. The van der Waals surface area contributed by atoms with E-state index in [1.165, 1.54) is 11.0 Å². The summed E-state index contributed by atoms with van der Waals surface area (Å²) in [5, 5.41) is 0. The van der Waals surface area contributed by atoms with E-state index in [-0.39, 0.29) is 32.1 Å². The Morgan fingerprint density at radius 1 is 1.06 bits per heavy atom. The maximum absolute atomic E-state index is 13.9. The largest absolute Gasteiger partial charge is 0.494 e. The van der Waals surface area contributed by atoms with Crippen LogP contribution in [0, 0.1) is 11.6 Å². The molecule has 1 aliphatic heterocycles. The van der Waals surface area contributed by atoms with Crippen LogP contribution in [-0.4, -0.2) is 56.3 Å². The SMILES string of the molecule is CCCOc1ccc(/C=C/C(=O)N2CCN(S(=O)(=O)c3ccc(F)cc3F)CC2)cc1. The van der Waals surface area contributed by atoms with E-state index in [9.17, 15) is 22.0 Å². The van der Waals surface area contributed by atoms with Crippen molar-refractivity contribution in [2.24, 2.45) is 0 Å². The molecule has 2 aromatic rings. The quantitative estimate of drug-likeness (QED) is 0.607. The van der Waals surface area contributed by atoms with Crippen LogP contribution < -0.4 is 4.74 Å². The summed E-state index contributed by atoms with van der Waals surface area (Å²) in [6, 6.07) is 9.71. The van der Waals surface area contributed by atoms with Crippen molar-refractivity contribution in [3.05, 3.63) is 65.7 Å². The van der Waals surface area contributed by atoms with Gasteiger partial charge in [0.1, 0.15) is 22.3 Å². The molecule has 2 aromatic carbocycles. The zero-order valence-electron chi connectivity index (χ0n) is 17.1. The summed E-state index contributed by atoms with van der Waals surface area (Å²) in [6.07, 6.45) is 4.04. The first-order chi connectivity index (χ1) is 14.8. The number of benzene rings is 2. The first-order valence-electron chi connectivity index (χ1n) is 9.96. The van der Waals surface area contributed by atoms with Crippen molar-refractivity contribution in [2.45, 2.75) is 18.2 Å². The molecule has 0 N–H and O–H groups in total. The average Bonchev–Trinajstić information content (AvgIpc) is 2.76. The van der Waals surface area contributed by atoms with Gasteiger partial charge in [0.05, 0.1) is 6.61 Å². The highest BCUT2D eigenvalue weighted by molar-refractivity contribution is 7.89. The van der Waals surface area contributed by atoms with Crippen molar-refractivity contribution in [1.82, 2.24) is 9.21 Å². The van der Waals surface area contributed by atoms with Crippen molar-refractivity contribution in [3.8, 4) is 5.75 Å². The number of ether oxygens (including phenoxy) is 1. The Balaban J connectivity index is 1.57. The van der Waals surface area contributed by atoms with E-state index in [1.807, 2.05) is 31.2 Å². The van der Waals surface area contributed by atoms with Gasteiger partial charge in [0.2, 0.25) is 15.9 Å². The van der Waals surface area contributed by atoms with Gasteiger partial charge in [-0.25, -0.2) is 17.2 Å². The lowest BCUT2D eigenvalue weighted by molar-refractivity contribution is -0.127. The Bertz CT molecular complexity index is 1050. The molecule has 9 heteroatoms. The molecular weight excluding hydrogens is 426 g/mol. The topological polar surface area (TPSA) is 66.9 Å². The number of halogens is 2. The maximum atomic E-state index is 13.9. The van der Waals surface area contributed by atoms with E-state index in [4.69, 9.17) is 4.74 Å². The summed E-state index contributed by atoms with van der Waals surface area (Å²) < 4.78 is 58.9. The fourth-order valence-electron chi connectivity index (χ4n) is 3.14. The first-order valence-corrected chi connectivity index (χ1v) is 11.4. The van der Waals surface area contributed by atoms with Gasteiger partial charge < -0.3 is 9.64 Å². The Labute approximate surface area is 180 Å². The van der Waals surface area contributed by atoms with Crippen molar-refractivity contribution in [1.29, 1.82) is 0 Å². The van der Waals surface area contributed by atoms with E-state index in [0.717, 1.165) is 34.2 Å². The number of hydrogen-bond donors (Lipinski definition) is 0. The van der Waals surface area contributed by atoms with E-state index in [0.29, 0.717) is 12.7 Å². The summed E-state index contributed by atoms with van der Waals surface area (Å²) in [7, 11) is -4.10. The minimum absolute atomic E-state index is 0.0300. The molecule has 0 spiro atoms. The van der Waals surface area contributed by atoms with Crippen LogP contribution in [0.3, 0.4) is 0 Å². The van der Waals surface area contributed by atoms with Crippen LogP contribution in [-0.2, 0) is 14.8 Å². The highest BCUT2D eigenvalue weighted by atomic mass is 32.2. The third-order valence-electron chi connectivity index (χ3n) is 4.83. The van der Waals surface area contributed by atoms with Crippen LogP contribution in [0.4, 0.5) is 8.78 Å². The van der Waals surface area contributed by atoms with Gasteiger partial charge in [-0.05, 0) is 42.3 Å². The normalized spacial score (nSPS) is 15.4. The fraction of sp³-hybridized carbons (Fsp3) is 0.318. The third kappa shape index (κ3) is 5.68. The molecule has 1 fully saturated rings. The first kappa shape index (κ1) is 22.9. The molecule has 166 valence electrons. The van der Waals surface area contributed by atoms with Crippen LogP contribution in [0.25, 0.3) is 6.08 Å². The summed E-state index contributed by atoms with van der Waals surface area (Å²) in [6.45, 7) is 3.08. The van der Waals surface area contributed by atoms with Crippen molar-refractivity contribution >= 4 is 22.0 Å². The number of amides is 1. The Kier molecular flexibility index (Phi) is 7.40. The number of hydrogen-bond acceptors (Lipinski definition) is 4. The Hall–Kier alpha value is -2.78. The minimum atomic E-state index is -4.10. The van der Waals surface area contributed by atoms with Crippen LogP contribution >= 0.6 is 0 Å². The van der Waals surface area contributed by atoms with E-state index >= 15 is 0 Å². The highest BCUT2D eigenvalue weighted by Gasteiger charge is 2.31. The number of carbonyl (C=O) groups is 1. The van der Waals surface area contributed by atoms with Crippen molar-refractivity contribution in [2.75, 3.05) is 32.8 Å². The van der Waals surface area contributed by atoms with Crippen LogP contribution in [0.5, 0.6) is 5.75 Å². The van der Waals surface area contributed by atoms with Gasteiger partial charge in [-0.2, -0.15) is 4.31 Å². The summed E-state index contributed by atoms with van der Waals surface area (Å²) >= 11 is 0. The van der Waals surface area contributed by atoms with Gasteiger partial charge in [0.25, 0.3) is 0 Å². The predicted molar refractivity (Wildman–Crippen MR) is 113 cm³/mol. The molecule has 0 bridgehead atoms. The smallest absolute Gasteiger partial charge is 0.246 e. The van der Waals surface area contributed by atoms with Crippen LogP contribution in [0.15, 0.2) is 53.4 Å². The molecular formula is C22H24F2N2O4S.